The lowest BCUT2D eigenvalue weighted by atomic mass is 9.99. The predicted octanol–water partition coefficient (Wildman–Crippen LogP) is 0.220. The molecule has 2 heterocycles. The number of rotatable bonds is 4. The van der Waals surface area contributed by atoms with Crippen LogP contribution in [0.4, 0.5) is 0 Å². The Labute approximate surface area is 181 Å². The second-order valence-corrected chi connectivity index (χ2v) is 7.55. The molecule has 1 fully saturated rings. The van der Waals surface area contributed by atoms with E-state index in [1.54, 1.807) is 25.1 Å². The Hall–Kier alpha value is -3.02. The molecule has 1 aliphatic heterocycles. The highest BCUT2D eigenvalue weighted by Crippen LogP contribution is 2.32. The molecule has 4 rings (SSSR count). The predicted molar refractivity (Wildman–Crippen MR) is 110 cm³/mol. The summed E-state index contributed by atoms with van der Waals surface area (Å²) in [4.78, 5) is 25.6. The first-order chi connectivity index (χ1) is 15.3. The highest BCUT2D eigenvalue weighted by Gasteiger charge is 2.45. The molecule has 1 aromatic heterocycles. The number of fused-ring (bicyclic) bond motifs is 2. The second-order valence-electron chi connectivity index (χ2n) is 7.55. The first-order valence-corrected chi connectivity index (χ1v) is 9.82. The van der Waals surface area contributed by atoms with Crippen LogP contribution in [0.15, 0.2) is 39.5 Å². The van der Waals surface area contributed by atoms with Gasteiger partial charge in [0.05, 0.1) is 24.7 Å². The van der Waals surface area contributed by atoms with Crippen molar-refractivity contribution < 1.29 is 43.8 Å². The lowest BCUT2D eigenvalue weighted by molar-refractivity contribution is -0.277. The Morgan fingerprint density at radius 3 is 2.50 bits per heavy atom. The van der Waals surface area contributed by atoms with Gasteiger partial charge in [0.1, 0.15) is 46.7 Å². The van der Waals surface area contributed by atoms with Crippen molar-refractivity contribution in [2.45, 2.75) is 37.6 Å². The summed E-state index contributed by atoms with van der Waals surface area (Å²) in [6.07, 6.45) is -7.55. The summed E-state index contributed by atoms with van der Waals surface area (Å²) in [6, 6.07) is 7.66. The second kappa shape index (κ2) is 8.49. The Morgan fingerprint density at radius 2 is 1.81 bits per heavy atom. The van der Waals surface area contributed by atoms with E-state index >= 15 is 0 Å². The average Bonchev–Trinajstić information content (AvgIpc) is 2.78. The maximum absolute atomic E-state index is 13.4. The summed E-state index contributed by atoms with van der Waals surface area (Å²) < 4.78 is 21.8. The van der Waals surface area contributed by atoms with E-state index < -0.39 is 48.7 Å². The van der Waals surface area contributed by atoms with E-state index in [1.807, 2.05) is 0 Å². The third-order valence-corrected chi connectivity index (χ3v) is 5.41. The topological polar surface area (TPSA) is 156 Å². The number of methoxy groups -OCH3 is 1. The molecule has 1 aliphatic rings. The lowest BCUT2D eigenvalue weighted by Gasteiger charge is -2.39. The Bertz CT molecular complexity index is 1230. The first kappa shape index (κ1) is 22.2. The van der Waals surface area contributed by atoms with Crippen LogP contribution < -0.4 is 10.2 Å². The molecule has 10 nitrogen and oxygen atoms in total. The van der Waals surface area contributed by atoms with E-state index in [0.717, 1.165) is 0 Å². The fourth-order valence-corrected chi connectivity index (χ4v) is 3.78. The largest absolute Gasteiger partial charge is 0.465 e. The van der Waals surface area contributed by atoms with Crippen LogP contribution in [-0.4, -0.2) is 70.8 Å². The zero-order valence-electron chi connectivity index (χ0n) is 17.2. The van der Waals surface area contributed by atoms with Crippen molar-refractivity contribution in [2.75, 3.05) is 13.7 Å². The van der Waals surface area contributed by atoms with Crippen LogP contribution in [0.25, 0.3) is 21.9 Å². The Balaban J connectivity index is 1.89. The van der Waals surface area contributed by atoms with Gasteiger partial charge >= 0.3 is 5.97 Å². The lowest BCUT2D eigenvalue weighted by Crippen LogP contribution is -2.60. The van der Waals surface area contributed by atoms with Crippen molar-refractivity contribution in [3.05, 3.63) is 51.7 Å². The maximum atomic E-state index is 13.4. The van der Waals surface area contributed by atoms with Crippen LogP contribution in [0.2, 0.25) is 0 Å². The highest BCUT2D eigenvalue weighted by atomic mass is 16.7. The van der Waals surface area contributed by atoms with Gasteiger partial charge in [-0.2, -0.15) is 0 Å². The molecule has 0 radical (unpaired) electrons. The normalized spacial score (nSPS) is 25.8. The van der Waals surface area contributed by atoms with Crippen molar-refractivity contribution in [3.8, 4) is 5.75 Å². The van der Waals surface area contributed by atoms with Crippen molar-refractivity contribution in [2.24, 2.45) is 0 Å². The fraction of sp³-hybridized carbons (Fsp3) is 0.364. The average molecular weight is 446 g/mol. The first-order valence-electron chi connectivity index (χ1n) is 9.82. The van der Waals surface area contributed by atoms with Gasteiger partial charge in [0.25, 0.3) is 0 Å². The van der Waals surface area contributed by atoms with Gasteiger partial charge in [0.15, 0.2) is 0 Å². The van der Waals surface area contributed by atoms with Crippen molar-refractivity contribution >= 4 is 27.9 Å². The highest BCUT2D eigenvalue weighted by molar-refractivity contribution is 6.06. The summed E-state index contributed by atoms with van der Waals surface area (Å²) in [5, 5.41) is 39.7. The molecule has 2 aromatic carbocycles. The SMILES string of the molecule is COC(=O)c1cccc2oc3cc(C)cc(O[C@@H]4O[C@H](CO)[C@@H](O)[C@H](O)[C@H]4O)c3c(=O)c12. The van der Waals surface area contributed by atoms with Crippen molar-refractivity contribution in [3.63, 3.8) is 0 Å². The number of ether oxygens (including phenoxy) is 3. The number of aliphatic hydroxyl groups is 4. The van der Waals surface area contributed by atoms with E-state index in [2.05, 4.69) is 0 Å². The molecule has 170 valence electrons. The minimum atomic E-state index is -1.67. The molecule has 0 amide bonds. The van der Waals surface area contributed by atoms with E-state index in [9.17, 15) is 30.0 Å². The van der Waals surface area contributed by atoms with Gasteiger partial charge in [-0.1, -0.05) is 6.07 Å². The van der Waals surface area contributed by atoms with Gasteiger partial charge in [0, 0.05) is 0 Å². The summed E-state index contributed by atoms with van der Waals surface area (Å²) >= 11 is 0. The minimum absolute atomic E-state index is 0.00523. The molecule has 0 unspecified atom stereocenters. The monoisotopic (exact) mass is 446 g/mol. The van der Waals surface area contributed by atoms with Gasteiger partial charge < -0.3 is 39.1 Å². The van der Waals surface area contributed by atoms with Gasteiger partial charge in [-0.25, -0.2) is 4.79 Å². The van der Waals surface area contributed by atoms with Crippen LogP contribution in [0, 0.1) is 6.92 Å². The smallest absolute Gasteiger partial charge is 0.338 e. The molecule has 0 saturated carbocycles. The molecule has 4 N–H and O–H groups in total. The number of carbonyl (C=O) groups excluding carboxylic acids is 1. The van der Waals surface area contributed by atoms with Crippen LogP contribution in [0.3, 0.4) is 0 Å². The molecule has 0 bridgehead atoms. The standard InChI is InChI=1S/C22H22O10/c1-9-6-12-16(18(25)15-10(21(28)29-2)4-3-5-11(15)30-12)13(7-9)31-22-20(27)19(26)17(24)14(8-23)32-22/h3-7,14,17,19-20,22-24,26-27H,8H2,1-2H3/t14-,17-,19+,20-,22-/m1/s1. The number of aryl methyl sites for hydroxylation is 1. The van der Waals surface area contributed by atoms with E-state index in [-0.39, 0.29) is 33.3 Å². The zero-order valence-corrected chi connectivity index (χ0v) is 17.2. The number of benzene rings is 2. The summed E-state index contributed by atoms with van der Waals surface area (Å²) in [5.41, 5.74) is 0.449. The van der Waals surface area contributed by atoms with E-state index in [1.165, 1.54) is 19.2 Å². The van der Waals surface area contributed by atoms with E-state index in [4.69, 9.17) is 18.6 Å². The number of aliphatic hydroxyl groups excluding tert-OH is 4. The van der Waals surface area contributed by atoms with Crippen LogP contribution in [-0.2, 0) is 9.47 Å². The number of hydrogen-bond donors (Lipinski definition) is 4. The maximum Gasteiger partial charge on any atom is 0.338 e. The van der Waals surface area contributed by atoms with Crippen LogP contribution in [0.1, 0.15) is 15.9 Å². The molecular weight excluding hydrogens is 424 g/mol. The van der Waals surface area contributed by atoms with Crippen molar-refractivity contribution in [1.82, 2.24) is 0 Å². The summed E-state index contributed by atoms with van der Waals surface area (Å²) in [7, 11) is 1.20. The summed E-state index contributed by atoms with van der Waals surface area (Å²) in [5.74, 6) is -0.745. The summed E-state index contributed by atoms with van der Waals surface area (Å²) in [6.45, 7) is 1.10. The van der Waals surface area contributed by atoms with Crippen molar-refractivity contribution in [1.29, 1.82) is 0 Å². The number of esters is 1. The minimum Gasteiger partial charge on any atom is -0.465 e. The third kappa shape index (κ3) is 3.61. The fourth-order valence-electron chi connectivity index (χ4n) is 3.78. The zero-order chi connectivity index (χ0) is 23.2. The van der Waals surface area contributed by atoms with Gasteiger partial charge in [-0.05, 0) is 36.8 Å². The molecule has 1 saturated heterocycles. The van der Waals surface area contributed by atoms with Gasteiger partial charge in [0.2, 0.25) is 11.7 Å². The number of hydrogen-bond acceptors (Lipinski definition) is 10. The van der Waals surface area contributed by atoms with E-state index in [0.29, 0.717) is 5.56 Å². The number of carbonyl (C=O) groups is 1. The quantitative estimate of drug-likeness (QED) is 0.323. The molecule has 0 aliphatic carbocycles. The van der Waals surface area contributed by atoms with Gasteiger partial charge in [-0.3, -0.25) is 4.79 Å². The Morgan fingerprint density at radius 1 is 1.06 bits per heavy atom. The Kier molecular flexibility index (Phi) is 5.89. The molecule has 3 aromatic rings. The third-order valence-electron chi connectivity index (χ3n) is 5.41. The van der Waals surface area contributed by atoms with Crippen LogP contribution in [0.5, 0.6) is 5.75 Å². The van der Waals surface area contributed by atoms with Gasteiger partial charge in [-0.15, -0.1) is 0 Å². The van der Waals surface area contributed by atoms with Crippen LogP contribution >= 0.6 is 0 Å². The molecule has 0 spiro atoms. The molecule has 10 heteroatoms. The molecular formula is C22H22O10. The molecule has 5 atom stereocenters. The molecule has 32 heavy (non-hydrogen) atoms.